The van der Waals surface area contributed by atoms with Crippen molar-refractivity contribution in [2.45, 2.75) is 6.42 Å². The number of aromatic nitrogens is 2. The fourth-order valence-electron chi connectivity index (χ4n) is 2.24. The Morgan fingerprint density at radius 2 is 2.12 bits per heavy atom. The third kappa shape index (κ3) is 3.99. The van der Waals surface area contributed by atoms with E-state index in [1.54, 1.807) is 28.2 Å². The van der Waals surface area contributed by atoms with Gasteiger partial charge in [0.25, 0.3) is 0 Å². The zero-order valence-corrected chi connectivity index (χ0v) is 13.9. The molecule has 0 saturated heterocycles. The van der Waals surface area contributed by atoms with Crippen molar-refractivity contribution < 1.29 is 9.18 Å². The first-order chi connectivity index (χ1) is 11.6. The van der Waals surface area contributed by atoms with Crippen LogP contribution in [0.25, 0.3) is 10.4 Å². The Balaban J connectivity index is 1.49. The summed E-state index contributed by atoms with van der Waals surface area (Å²) < 4.78 is 15.2. The van der Waals surface area contributed by atoms with Crippen LogP contribution in [0.3, 0.4) is 0 Å². The second-order valence-corrected chi connectivity index (χ2v) is 6.45. The van der Waals surface area contributed by atoms with Gasteiger partial charge in [0.15, 0.2) is 0 Å². The van der Waals surface area contributed by atoms with Crippen LogP contribution in [0.15, 0.2) is 48.8 Å². The van der Waals surface area contributed by atoms with Crippen LogP contribution in [0.5, 0.6) is 0 Å². The van der Waals surface area contributed by atoms with Crippen molar-refractivity contribution in [3.63, 3.8) is 0 Å². The van der Waals surface area contributed by atoms with Gasteiger partial charge in [-0.15, -0.1) is 11.3 Å². The van der Waals surface area contributed by atoms with Gasteiger partial charge in [0.05, 0.1) is 11.9 Å². The van der Waals surface area contributed by atoms with Gasteiger partial charge in [0.2, 0.25) is 0 Å². The normalized spacial score (nSPS) is 10.6. The molecular weight excluding hydrogens is 327 g/mol. The van der Waals surface area contributed by atoms with Gasteiger partial charge in [-0.25, -0.2) is 9.18 Å². The number of hydrogen-bond donors (Lipinski definition) is 2. The molecule has 2 amide bonds. The van der Waals surface area contributed by atoms with E-state index in [0.717, 1.165) is 16.9 Å². The summed E-state index contributed by atoms with van der Waals surface area (Å²) in [7, 11) is 1.89. The van der Waals surface area contributed by atoms with Gasteiger partial charge in [-0.2, -0.15) is 5.10 Å². The van der Waals surface area contributed by atoms with E-state index in [-0.39, 0.29) is 5.69 Å². The third-order valence-corrected chi connectivity index (χ3v) is 4.62. The first-order valence-electron chi connectivity index (χ1n) is 7.49. The molecule has 5 nitrogen and oxygen atoms in total. The highest BCUT2D eigenvalue weighted by Crippen LogP contribution is 2.27. The number of benzene rings is 1. The molecule has 2 heterocycles. The van der Waals surface area contributed by atoms with Crippen molar-refractivity contribution in [3.8, 4) is 10.4 Å². The maximum absolute atomic E-state index is 13.5. The zero-order chi connectivity index (χ0) is 16.9. The predicted molar refractivity (Wildman–Crippen MR) is 93.6 cm³/mol. The molecule has 0 atom stereocenters. The largest absolute Gasteiger partial charge is 0.338 e. The van der Waals surface area contributed by atoms with Crippen LogP contribution in [0.1, 0.15) is 4.88 Å². The molecule has 0 spiro atoms. The fraction of sp³-hybridized carbons (Fsp3) is 0.176. The number of urea groups is 1. The Labute approximate surface area is 143 Å². The minimum Gasteiger partial charge on any atom is -0.338 e. The monoisotopic (exact) mass is 344 g/mol. The van der Waals surface area contributed by atoms with E-state index >= 15 is 0 Å². The summed E-state index contributed by atoms with van der Waals surface area (Å²) in [5, 5.41) is 9.39. The smallest absolute Gasteiger partial charge is 0.319 e. The molecule has 2 N–H and O–H groups in total. The molecule has 0 aliphatic rings. The Morgan fingerprint density at radius 3 is 2.88 bits per heavy atom. The maximum Gasteiger partial charge on any atom is 0.319 e. The van der Waals surface area contributed by atoms with Gasteiger partial charge >= 0.3 is 6.03 Å². The first-order valence-corrected chi connectivity index (χ1v) is 8.30. The standard InChI is InChI=1S/C17H17FN4OS/c1-22-11-12(10-20-22)16-7-6-13(24-16)8-9-19-17(23)21-15-5-3-2-4-14(15)18/h2-7,10-11H,8-9H2,1H3,(H2,19,21,23). The highest BCUT2D eigenvalue weighted by Gasteiger charge is 2.07. The second-order valence-electron chi connectivity index (χ2n) is 5.28. The van der Waals surface area contributed by atoms with E-state index in [4.69, 9.17) is 0 Å². The fourth-order valence-corrected chi connectivity index (χ4v) is 3.23. The summed E-state index contributed by atoms with van der Waals surface area (Å²) in [4.78, 5) is 14.1. The molecule has 7 heteroatoms. The maximum atomic E-state index is 13.5. The Morgan fingerprint density at radius 1 is 1.29 bits per heavy atom. The lowest BCUT2D eigenvalue weighted by Gasteiger charge is -2.07. The summed E-state index contributed by atoms with van der Waals surface area (Å²) in [6.07, 6.45) is 4.51. The summed E-state index contributed by atoms with van der Waals surface area (Å²) >= 11 is 1.67. The van der Waals surface area contributed by atoms with E-state index in [1.807, 2.05) is 25.5 Å². The molecule has 2 aromatic heterocycles. The summed E-state index contributed by atoms with van der Waals surface area (Å²) in [6.45, 7) is 0.479. The average molecular weight is 344 g/mol. The van der Waals surface area contributed by atoms with E-state index in [1.165, 1.54) is 17.0 Å². The number of carbonyl (C=O) groups is 1. The summed E-state index contributed by atoms with van der Waals surface area (Å²) in [5.41, 5.74) is 1.25. The number of hydrogen-bond acceptors (Lipinski definition) is 3. The lowest BCUT2D eigenvalue weighted by Crippen LogP contribution is -2.30. The first kappa shape index (κ1) is 16.2. The molecular formula is C17H17FN4OS. The van der Waals surface area contributed by atoms with Crippen LogP contribution >= 0.6 is 11.3 Å². The summed E-state index contributed by atoms with van der Waals surface area (Å²) in [6, 6.07) is 9.76. The van der Waals surface area contributed by atoms with E-state index < -0.39 is 11.8 Å². The molecule has 24 heavy (non-hydrogen) atoms. The lowest BCUT2D eigenvalue weighted by molar-refractivity contribution is 0.252. The minimum absolute atomic E-state index is 0.171. The van der Waals surface area contributed by atoms with Crippen molar-refractivity contribution in [3.05, 3.63) is 59.5 Å². The van der Waals surface area contributed by atoms with Gasteiger partial charge in [0.1, 0.15) is 5.82 Å². The lowest BCUT2D eigenvalue weighted by atomic mass is 10.3. The molecule has 0 bridgehead atoms. The van der Waals surface area contributed by atoms with Gasteiger partial charge in [-0.05, 0) is 30.7 Å². The van der Waals surface area contributed by atoms with Crippen LogP contribution in [-0.2, 0) is 13.5 Å². The average Bonchev–Trinajstić information content (AvgIpc) is 3.18. The van der Waals surface area contributed by atoms with Gasteiger partial charge in [0, 0.05) is 35.1 Å². The van der Waals surface area contributed by atoms with Crippen LogP contribution in [0.2, 0.25) is 0 Å². The molecule has 3 aromatic rings. The molecule has 0 aliphatic carbocycles. The number of nitrogens with one attached hydrogen (secondary N) is 2. The van der Waals surface area contributed by atoms with Crippen molar-refractivity contribution >= 4 is 23.1 Å². The molecule has 0 fully saturated rings. The Kier molecular flexibility index (Phi) is 4.90. The highest BCUT2D eigenvalue weighted by molar-refractivity contribution is 7.15. The van der Waals surface area contributed by atoms with E-state index in [2.05, 4.69) is 21.8 Å². The van der Waals surface area contributed by atoms with Crippen LogP contribution < -0.4 is 10.6 Å². The Hall–Kier alpha value is -2.67. The molecule has 0 radical (unpaired) electrons. The second kappa shape index (κ2) is 7.27. The SMILES string of the molecule is Cn1cc(-c2ccc(CCNC(=O)Nc3ccccc3F)s2)cn1. The quantitative estimate of drug-likeness (QED) is 0.742. The molecule has 3 rings (SSSR count). The van der Waals surface area contributed by atoms with Gasteiger partial charge < -0.3 is 10.6 Å². The number of thiophene rings is 1. The number of carbonyl (C=O) groups excluding carboxylic acids is 1. The van der Waals surface area contributed by atoms with Crippen LogP contribution in [0.4, 0.5) is 14.9 Å². The molecule has 124 valence electrons. The van der Waals surface area contributed by atoms with Crippen molar-refractivity contribution in [2.75, 3.05) is 11.9 Å². The molecule has 0 aliphatic heterocycles. The minimum atomic E-state index is -0.452. The number of rotatable bonds is 5. The summed E-state index contributed by atoms with van der Waals surface area (Å²) in [5.74, 6) is -0.452. The number of anilines is 1. The topological polar surface area (TPSA) is 59.0 Å². The van der Waals surface area contributed by atoms with Gasteiger partial charge in [-0.3, -0.25) is 4.68 Å². The third-order valence-electron chi connectivity index (χ3n) is 3.43. The Bertz CT molecular complexity index is 842. The van der Waals surface area contributed by atoms with Crippen molar-refractivity contribution in [1.29, 1.82) is 0 Å². The highest BCUT2D eigenvalue weighted by atomic mass is 32.1. The molecule has 0 saturated carbocycles. The van der Waals surface area contributed by atoms with Crippen molar-refractivity contribution in [1.82, 2.24) is 15.1 Å². The van der Waals surface area contributed by atoms with Crippen LogP contribution in [-0.4, -0.2) is 22.4 Å². The predicted octanol–water partition coefficient (Wildman–Crippen LogP) is 3.65. The number of aryl methyl sites for hydroxylation is 1. The van der Waals surface area contributed by atoms with Gasteiger partial charge in [-0.1, -0.05) is 12.1 Å². The molecule has 1 aromatic carbocycles. The zero-order valence-electron chi connectivity index (χ0n) is 13.1. The number of para-hydroxylation sites is 1. The number of halogens is 1. The number of amides is 2. The number of nitrogens with zero attached hydrogens (tertiary/aromatic N) is 2. The van der Waals surface area contributed by atoms with Crippen LogP contribution in [0, 0.1) is 5.82 Å². The molecule has 0 unspecified atom stereocenters. The van der Waals surface area contributed by atoms with E-state index in [9.17, 15) is 9.18 Å². The van der Waals surface area contributed by atoms with E-state index in [0.29, 0.717) is 6.54 Å². The van der Waals surface area contributed by atoms with Crippen molar-refractivity contribution in [2.24, 2.45) is 7.05 Å².